The van der Waals surface area contributed by atoms with Crippen LogP contribution < -0.4 is 0 Å². The molecule has 0 aliphatic rings. The Morgan fingerprint density at radius 2 is 2.17 bits per heavy atom. The Kier molecular flexibility index (Phi) is 5.74. The molecule has 0 spiro atoms. The number of aromatic carboxylic acids is 1. The number of rotatable bonds is 8. The number of aromatic nitrogens is 1. The molecule has 1 N–H and O–H groups in total. The van der Waals surface area contributed by atoms with Gasteiger partial charge in [0.1, 0.15) is 0 Å². The van der Waals surface area contributed by atoms with Crippen LogP contribution in [0.25, 0.3) is 0 Å². The van der Waals surface area contributed by atoms with Crippen molar-refractivity contribution in [3.8, 4) is 0 Å². The van der Waals surface area contributed by atoms with E-state index in [0.717, 1.165) is 24.6 Å². The van der Waals surface area contributed by atoms with Crippen LogP contribution in [0.3, 0.4) is 0 Å². The standard InChI is InChI=1S/C13H18N2O2S/c1-4-6-15(7-5-2)8-10(3)12-14-11(9-18-12)13(16)17/h4-5,9-10H,1-2,6-8H2,3H3,(H,16,17). The van der Waals surface area contributed by atoms with Crippen LogP contribution in [0.2, 0.25) is 0 Å². The van der Waals surface area contributed by atoms with Crippen molar-refractivity contribution in [3.63, 3.8) is 0 Å². The van der Waals surface area contributed by atoms with Gasteiger partial charge in [-0.3, -0.25) is 4.90 Å². The third kappa shape index (κ3) is 4.09. The summed E-state index contributed by atoms with van der Waals surface area (Å²) in [5, 5.41) is 11.3. The van der Waals surface area contributed by atoms with Gasteiger partial charge in [-0.15, -0.1) is 24.5 Å². The van der Waals surface area contributed by atoms with E-state index in [2.05, 4.69) is 23.0 Å². The van der Waals surface area contributed by atoms with E-state index >= 15 is 0 Å². The van der Waals surface area contributed by atoms with Gasteiger partial charge in [0, 0.05) is 30.9 Å². The second kappa shape index (κ2) is 7.08. The Morgan fingerprint density at radius 3 is 2.61 bits per heavy atom. The Bertz CT molecular complexity index is 418. The molecule has 4 nitrogen and oxygen atoms in total. The third-order valence-corrected chi connectivity index (χ3v) is 3.55. The Morgan fingerprint density at radius 1 is 1.56 bits per heavy atom. The number of nitrogens with zero attached hydrogens (tertiary/aromatic N) is 2. The molecule has 0 saturated heterocycles. The summed E-state index contributed by atoms with van der Waals surface area (Å²) in [4.78, 5) is 17.1. The predicted molar refractivity (Wildman–Crippen MR) is 74.3 cm³/mol. The molecule has 0 bridgehead atoms. The van der Waals surface area contributed by atoms with Gasteiger partial charge in [0.2, 0.25) is 0 Å². The maximum atomic E-state index is 10.8. The first kappa shape index (κ1) is 14.6. The predicted octanol–water partition coefficient (Wildman–Crippen LogP) is 2.62. The fourth-order valence-corrected chi connectivity index (χ4v) is 2.51. The van der Waals surface area contributed by atoms with Gasteiger partial charge >= 0.3 is 5.97 Å². The molecule has 0 aliphatic carbocycles. The minimum Gasteiger partial charge on any atom is -0.476 e. The zero-order valence-electron chi connectivity index (χ0n) is 10.5. The van der Waals surface area contributed by atoms with E-state index in [1.165, 1.54) is 11.3 Å². The highest BCUT2D eigenvalue weighted by Crippen LogP contribution is 2.21. The fourth-order valence-electron chi connectivity index (χ4n) is 1.67. The van der Waals surface area contributed by atoms with Crippen LogP contribution in [0, 0.1) is 0 Å². The first-order valence-corrected chi connectivity index (χ1v) is 6.59. The molecule has 0 aromatic carbocycles. The molecule has 1 heterocycles. The molecule has 5 heteroatoms. The smallest absolute Gasteiger partial charge is 0.355 e. The van der Waals surface area contributed by atoms with Crippen LogP contribution in [0.1, 0.15) is 28.3 Å². The molecule has 1 aromatic heterocycles. The van der Waals surface area contributed by atoms with Crippen LogP contribution in [-0.2, 0) is 0 Å². The molecular formula is C13H18N2O2S. The van der Waals surface area contributed by atoms with Gasteiger partial charge in [0.25, 0.3) is 0 Å². The first-order chi connectivity index (χ1) is 8.58. The fraction of sp³-hybridized carbons (Fsp3) is 0.385. The van der Waals surface area contributed by atoms with E-state index < -0.39 is 5.97 Å². The molecule has 1 rings (SSSR count). The van der Waals surface area contributed by atoms with Crippen molar-refractivity contribution in [3.05, 3.63) is 41.4 Å². The molecule has 0 saturated carbocycles. The van der Waals surface area contributed by atoms with Crippen molar-refractivity contribution in [2.75, 3.05) is 19.6 Å². The minimum absolute atomic E-state index is 0.126. The average molecular weight is 266 g/mol. The molecule has 1 aromatic rings. The monoisotopic (exact) mass is 266 g/mol. The van der Waals surface area contributed by atoms with Gasteiger partial charge in [-0.05, 0) is 0 Å². The van der Waals surface area contributed by atoms with E-state index in [-0.39, 0.29) is 11.6 Å². The second-order valence-corrected chi connectivity index (χ2v) is 4.96. The molecule has 0 aliphatic heterocycles. The van der Waals surface area contributed by atoms with E-state index in [0.29, 0.717) is 0 Å². The van der Waals surface area contributed by atoms with Crippen LogP contribution in [-0.4, -0.2) is 40.6 Å². The van der Waals surface area contributed by atoms with Gasteiger partial charge in [-0.1, -0.05) is 19.1 Å². The number of carbonyl (C=O) groups is 1. The topological polar surface area (TPSA) is 53.4 Å². The first-order valence-electron chi connectivity index (χ1n) is 5.71. The van der Waals surface area contributed by atoms with Crippen LogP contribution in [0.4, 0.5) is 0 Å². The summed E-state index contributed by atoms with van der Waals surface area (Å²) in [6.45, 7) is 11.9. The van der Waals surface area contributed by atoms with Gasteiger partial charge in [-0.2, -0.15) is 0 Å². The molecule has 0 amide bonds. The third-order valence-electron chi connectivity index (χ3n) is 2.47. The van der Waals surface area contributed by atoms with Gasteiger partial charge in [0.15, 0.2) is 5.69 Å². The summed E-state index contributed by atoms with van der Waals surface area (Å²) in [7, 11) is 0. The van der Waals surface area contributed by atoms with Crippen molar-refractivity contribution >= 4 is 17.3 Å². The second-order valence-electron chi connectivity index (χ2n) is 4.07. The lowest BCUT2D eigenvalue weighted by Gasteiger charge is -2.21. The molecule has 1 unspecified atom stereocenters. The van der Waals surface area contributed by atoms with Crippen LogP contribution in [0.5, 0.6) is 0 Å². The molecule has 98 valence electrons. The van der Waals surface area contributed by atoms with Gasteiger partial charge in [-0.25, -0.2) is 9.78 Å². The summed E-state index contributed by atoms with van der Waals surface area (Å²) in [5.41, 5.74) is 0.126. The highest BCUT2D eigenvalue weighted by atomic mass is 32.1. The number of carboxylic acids is 1. The van der Waals surface area contributed by atoms with Crippen molar-refractivity contribution < 1.29 is 9.90 Å². The van der Waals surface area contributed by atoms with Crippen molar-refractivity contribution in [1.82, 2.24) is 9.88 Å². The van der Waals surface area contributed by atoms with Crippen molar-refractivity contribution in [1.29, 1.82) is 0 Å². The molecule has 18 heavy (non-hydrogen) atoms. The van der Waals surface area contributed by atoms with E-state index in [1.54, 1.807) is 5.38 Å². The normalized spacial score (nSPS) is 12.3. The SMILES string of the molecule is C=CCN(CC=C)CC(C)c1nc(C(=O)O)cs1. The molecule has 1 atom stereocenters. The maximum Gasteiger partial charge on any atom is 0.355 e. The molecule has 0 radical (unpaired) electrons. The summed E-state index contributed by atoms with van der Waals surface area (Å²) in [6.07, 6.45) is 3.70. The summed E-state index contributed by atoms with van der Waals surface area (Å²) in [5.74, 6) is -0.776. The van der Waals surface area contributed by atoms with Gasteiger partial charge in [0.05, 0.1) is 5.01 Å². The van der Waals surface area contributed by atoms with Gasteiger partial charge < -0.3 is 5.11 Å². The Hall–Kier alpha value is -1.46. The zero-order chi connectivity index (χ0) is 13.5. The number of carboxylic acid groups (broad SMARTS) is 1. The minimum atomic E-state index is -0.973. The van der Waals surface area contributed by atoms with Crippen molar-refractivity contribution in [2.24, 2.45) is 0 Å². The lowest BCUT2D eigenvalue weighted by molar-refractivity contribution is 0.0691. The van der Waals surface area contributed by atoms with E-state index in [9.17, 15) is 4.79 Å². The van der Waals surface area contributed by atoms with E-state index in [4.69, 9.17) is 5.11 Å². The number of thiazole rings is 1. The van der Waals surface area contributed by atoms with E-state index in [1.807, 2.05) is 19.1 Å². The van der Waals surface area contributed by atoms with Crippen LogP contribution in [0.15, 0.2) is 30.7 Å². The largest absolute Gasteiger partial charge is 0.476 e. The number of hydrogen-bond acceptors (Lipinski definition) is 4. The Balaban J connectivity index is 2.66. The summed E-state index contributed by atoms with van der Waals surface area (Å²) >= 11 is 1.39. The maximum absolute atomic E-state index is 10.8. The number of hydrogen-bond donors (Lipinski definition) is 1. The zero-order valence-corrected chi connectivity index (χ0v) is 11.3. The highest BCUT2D eigenvalue weighted by molar-refractivity contribution is 7.09. The molecule has 0 fully saturated rings. The quantitative estimate of drug-likeness (QED) is 0.735. The Labute approximate surface area is 111 Å². The van der Waals surface area contributed by atoms with Crippen molar-refractivity contribution in [2.45, 2.75) is 12.8 Å². The lowest BCUT2D eigenvalue weighted by atomic mass is 10.2. The average Bonchev–Trinajstić information content (AvgIpc) is 2.79. The molecular weight excluding hydrogens is 248 g/mol. The van der Waals surface area contributed by atoms with Crippen LogP contribution >= 0.6 is 11.3 Å². The highest BCUT2D eigenvalue weighted by Gasteiger charge is 2.16. The summed E-state index contributed by atoms with van der Waals surface area (Å²) < 4.78 is 0. The lowest BCUT2D eigenvalue weighted by Crippen LogP contribution is -2.28. The summed E-state index contributed by atoms with van der Waals surface area (Å²) in [6, 6.07) is 0.